The van der Waals surface area contributed by atoms with Crippen LogP contribution in [0.2, 0.25) is 0 Å². The molecule has 1 heterocycles. The van der Waals surface area contributed by atoms with Gasteiger partial charge in [-0.05, 0) is 19.3 Å². The summed E-state index contributed by atoms with van der Waals surface area (Å²) in [6.45, 7) is 0. The van der Waals surface area contributed by atoms with Crippen LogP contribution < -0.4 is 5.32 Å². The van der Waals surface area contributed by atoms with Gasteiger partial charge in [-0.15, -0.1) is 0 Å². The van der Waals surface area contributed by atoms with E-state index < -0.39 is 27.4 Å². The average Bonchev–Trinajstić information content (AvgIpc) is 2.85. The minimum Gasteiger partial charge on any atom is -0.481 e. The third-order valence-corrected chi connectivity index (χ3v) is 5.44. The molecule has 8 nitrogen and oxygen atoms in total. The van der Waals surface area contributed by atoms with Crippen molar-refractivity contribution in [2.45, 2.75) is 36.3 Å². The Bertz CT molecular complexity index is 687. The SMILES string of the molecule is CN(C)S(=O)(=O)c1cc(C(=O)NC2(CC(=O)O)CCC2)co1. The van der Waals surface area contributed by atoms with E-state index in [1.165, 1.54) is 14.1 Å². The van der Waals surface area contributed by atoms with E-state index in [4.69, 9.17) is 9.52 Å². The lowest BCUT2D eigenvalue weighted by molar-refractivity contribution is -0.139. The van der Waals surface area contributed by atoms with Crippen molar-refractivity contribution in [1.82, 2.24) is 9.62 Å². The monoisotopic (exact) mass is 330 g/mol. The molecule has 1 aliphatic rings. The predicted molar refractivity (Wildman–Crippen MR) is 75.9 cm³/mol. The predicted octanol–water partition coefficient (Wildman–Crippen LogP) is 0.657. The van der Waals surface area contributed by atoms with Gasteiger partial charge < -0.3 is 14.8 Å². The zero-order valence-electron chi connectivity index (χ0n) is 12.3. The molecule has 0 aliphatic heterocycles. The summed E-state index contributed by atoms with van der Waals surface area (Å²) in [5, 5.41) is 11.3. The zero-order valence-corrected chi connectivity index (χ0v) is 13.1. The summed E-state index contributed by atoms with van der Waals surface area (Å²) < 4.78 is 29.7. The van der Waals surface area contributed by atoms with Gasteiger partial charge in [0.05, 0.1) is 17.5 Å². The van der Waals surface area contributed by atoms with Gasteiger partial charge in [-0.2, -0.15) is 0 Å². The maximum Gasteiger partial charge on any atom is 0.305 e. The number of hydrogen-bond acceptors (Lipinski definition) is 5. The summed E-state index contributed by atoms with van der Waals surface area (Å²) in [5.41, 5.74) is -0.696. The van der Waals surface area contributed by atoms with Crippen molar-refractivity contribution in [1.29, 1.82) is 0 Å². The first-order valence-electron chi connectivity index (χ1n) is 6.72. The van der Waals surface area contributed by atoms with E-state index in [9.17, 15) is 18.0 Å². The number of carboxylic acids is 1. The lowest BCUT2D eigenvalue weighted by Crippen LogP contribution is -2.54. The number of furan rings is 1. The minimum atomic E-state index is -3.75. The molecule has 9 heteroatoms. The molecule has 0 saturated heterocycles. The number of rotatable bonds is 6. The molecule has 1 aromatic rings. The van der Waals surface area contributed by atoms with E-state index >= 15 is 0 Å². The van der Waals surface area contributed by atoms with Crippen LogP contribution in [0.5, 0.6) is 0 Å². The summed E-state index contributed by atoms with van der Waals surface area (Å²) in [5.74, 6) is -1.52. The standard InChI is InChI=1S/C13H18N2O6S/c1-15(2)22(19,20)11-6-9(8-21-11)12(18)14-13(4-3-5-13)7-10(16)17/h6,8H,3-5,7H2,1-2H3,(H,14,18)(H,16,17). The van der Waals surface area contributed by atoms with Crippen LogP contribution >= 0.6 is 0 Å². The first-order valence-corrected chi connectivity index (χ1v) is 8.16. The second-order valence-corrected chi connectivity index (χ2v) is 7.68. The lowest BCUT2D eigenvalue weighted by Gasteiger charge is -2.41. The van der Waals surface area contributed by atoms with Crippen molar-refractivity contribution < 1.29 is 27.5 Å². The van der Waals surface area contributed by atoms with Gasteiger partial charge >= 0.3 is 5.97 Å². The molecule has 1 saturated carbocycles. The van der Waals surface area contributed by atoms with Crippen LogP contribution in [0.15, 0.2) is 21.8 Å². The summed E-state index contributed by atoms with van der Waals surface area (Å²) in [7, 11) is -1.04. The molecular weight excluding hydrogens is 312 g/mol. The summed E-state index contributed by atoms with van der Waals surface area (Å²) in [4.78, 5) is 23.1. The number of amides is 1. The van der Waals surface area contributed by atoms with Crippen LogP contribution in [0.25, 0.3) is 0 Å². The van der Waals surface area contributed by atoms with Gasteiger partial charge in [-0.25, -0.2) is 12.7 Å². The number of carbonyl (C=O) groups excluding carboxylic acids is 1. The lowest BCUT2D eigenvalue weighted by atomic mass is 9.74. The molecule has 0 unspecified atom stereocenters. The number of aliphatic carboxylic acids is 1. The van der Waals surface area contributed by atoms with E-state index in [1.807, 2.05) is 0 Å². The number of nitrogens with one attached hydrogen (secondary N) is 1. The number of nitrogens with zero attached hydrogens (tertiary/aromatic N) is 1. The van der Waals surface area contributed by atoms with Gasteiger partial charge in [-0.1, -0.05) is 0 Å². The van der Waals surface area contributed by atoms with Gasteiger partial charge in [0.25, 0.3) is 15.9 Å². The summed E-state index contributed by atoms with van der Waals surface area (Å²) >= 11 is 0. The van der Waals surface area contributed by atoms with Crippen LogP contribution in [0.3, 0.4) is 0 Å². The van der Waals surface area contributed by atoms with Gasteiger partial charge in [0, 0.05) is 20.2 Å². The van der Waals surface area contributed by atoms with E-state index in [1.54, 1.807) is 0 Å². The highest BCUT2D eigenvalue weighted by Crippen LogP contribution is 2.35. The molecule has 1 fully saturated rings. The highest BCUT2D eigenvalue weighted by molar-refractivity contribution is 7.88. The third kappa shape index (κ3) is 3.14. The first-order chi connectivity index (χ1) is 10.2. The molecule has 0 radical (unpaired) electrons. The Balaban J connectivity index is 2.14. The average molecular weight is 330 g/mol. The molecule has 1 aromatic heterocycles. The second-order valence-electron chi connectivity index (χ2n) is 5.60. The van der Waals surface area contributed by atoms with Crippen molar-refractivity contribution in [3.8, 4) is 0 Å². The fourth-order valence-electron chi connectivity index (χ4n) is 2.30. The van der Waals surface area contributed by atoms with Crippen LogP contribution in [-0.4, -0.2) is 49.3 Å². The Morgan fingerprint density at radius 2 is 2.05 bits per heavy atom. The number of sulfonamides is 1. The summed E-state index contributed by atoms with van der Waals surface area (Å²) in [6, 6.07) is 1.14. The molecule has 1 amide bonds. The van der Waals surface area contributed by atoms with Crippen LogP contribution in [0.4, 0.5) is 0 Å². The normalized spacial score (nSPS) is 17.0. The Labute approximate surface area is 128 Å². The van der Waals surface area contributed by atoms with E-state index in [0.29, 0.717) is 12.8 Å². The molecule has 1 aliphatic carbocycles. The Morgan fingerprint density at radius 3 is 2.50 bits per heavy atom. The molecule has 0 spiro atoms. The Hall–Kier alpha value is -1.87. The van der Waals surface area contributed by atoms with Crippen molar-refractivity contribution >= 4 is 21.9 Å². The molecule has 2 rings (SSSR count). The van der Waals surface area contributed by atoms with Gasteiger partial charge in [0.1, 0.15) is 6.26 Å². The van der Waals surface area contributed by atoms with E-state index in [-0.39, 0.29) is 17.1 Å². The van der Waals surface area contributed by atoms with Crippen LogP contribution in [-0.2, 0) is 14.8 Å². The summed E-state index contributed by atoms with van der Waals surface area (Å²) in [6.07, 6.45) is 2.93. The van der Waals surface area contributed by atoms with Gasteiger partial charge in [-0.3, -0.25) is 9.59 Å². The zero-order chi connectivity index (χ0) is 16.5. The first kappa shape index (κ1) is 16.5. The fraction of sp³-hybridized carbons (Fsp3) is 0.538. The molecule has 2 N–H and O–H groups in total. The van der Waals surface area contributed by atoms with Gasteiger partial charge in [0.2, 0.25) is 5.09 Å². The molecular formula is C13H18N2O6S. The van der Waals surface area contributed by atoms with E-state index in [0.717, 1.165) is 23.1 Å². The smallest absolute Gasteiger partial charge is 0.305 e. The maximum absolute atomic E-state index is 12.2. The second kappa shape index (κ2) is 5.73. The quantitative estimate of drug-likeness (QED) is 0.791. The minimum absolute atomic E-state index is 0.0529. The highest BCUT2D eigenvalue weighted by atomic mass is 32.2. The largest absolute Gasteiger partial charge is 0.481 e. The number of hydrogen-bond donors (Lipinski definition) is 2. The van der Waals surface area contributed by atoms with Crippen molar-refractivity contribution in [3.05, 3.63) is 17.9 Å². The number of carbonyl (C=O) groups is 2. The maximum atomic E-state index is 12.2. The molecule has 0 atom stereocenters. The molecule has 0 bridgehead atoms. The van der Waals surface area contributed by atoms with Gasteiger partial charge in [0.15, 0.2) is 0 Å². The molecule has 22 heavy (non-hydrogen) atoms. The Morgan fingerprint density at radius 1 is 1.41 bits per heavy atom. The van der Waals surface area contributed by atoms with E-state index in [2.05, 4.69) is 5.32 Å². The molecule has 122 valence electrons. The van der Waals surface area contributed by atoms with Crippen molar-refractivity contribution in [3.63, 3.8) is 0 Å². The fourth-order valence-corrected chi connectivity index (χ4v) is 3.11. The molecule has 0 aromatic carbocycles. The van der Waals surface area contributed by atoms with Crippen molar-refractivity contribution in [2.24, 2.45) is 0 Å². The topological polar surface area (TPSA) is 117 Å². The van der Waals surface area contributed by atoms with Crippen molar-refractivity contribution in [2.75, 3.05) is 14.1 Å². The Kier molecular flexibility index (Phi) is 4.30. The highest BCUT2D eigenvalue weighted by Gasteiger charge is 2.40. The third-order valence-electron chi connectivity index (χ3n) is 3.75. The van der Waals surface area contributed by atoms with Crippen LogP contribution in [0.1, 0.15) is 36.0 Å². The van der Waals surface area contributed by atoms with Crippen LogP contribution in [0, 0.1) is 0 Å². The number of carboxylic acid groups (broad SMARTS) is 1.